The number of carbonyl (C=O) groups excluding carboxylic acids is 1. The molecule has 1 aromatic rings. The van der Waals surface area contributed by atoms with Gasteiger partial charge < -0.3 is 0 Å². The molecule has 17 heavy (non-hydrogen) atoms. The Labute approximate surface area is 110 Å². The lowest BCUT2D eigenvalue weighted by molar-refractivity contribution is -0.120. The molecule has 0 aromatic carbocycles. The molecule has 1 aromatic heterocycles. The number of nitrogens with one attached hydrogen (secondary N) is 1. The molecule has 4 nitrogen and oxygen atoms in total. The van der Waals surface area contributed by atoms with Crippen molar-refractivity contribution in [3.63, 3.8) is 0 Å². The van der Waals surface area contributed by atoms with E-state index in [4.69, 9.17) is 23.2 Å². The van der Waals surface area contributed by atoms with E-state index in [1.165, 1.54) is 0 Å². The molecule has 0 aliphatic heterocycles. The van der Waals surface area contributed by atoms with Gasteiger partial charge in [0, 0.05) is 11.4 Å². The van der Waals surface area contributed by atoms with E-state index >= 15 is 0 Å². The minimum Gasteiger partial charge on any atom is -0.294 e. The van der Waals surface area contributed by atoms with Gasteiger partial charge in [-0.2, -0.15) is 0 Å². The molecule has 1 fully saturated rings. The molecule has 1 atom stereocenters. The van der Waals surface area contributed by atoms with Crippen LogP contribution in [0.2, 0.25) is 0 Å². The molecule has 1 amide bonds. The van der Waals surface area contributed by atoms with Crippen LogP contribution in [0.15, 0.2) is 6.07 Å². The fraction of sp³-hybridized carbons (Fsp3) is 0.545. The van der Waals surface area contributed by atoms with Crippen molar-refractivity contribution in [2.75, 3.05) is 5.32 Å². The molecule has 1 aliphatic rings. The van der Waals surface area contributed by atoms with Gasteiger partial charge in [-0.05, 0) is 33.3 Å². The number of rotatable bonds is 2. The third kappa shape index (κ3) is 2.24. The molecule has 1 unspecified atom stereocenters. The van der Waals surface area contributed by atoms with Crippen LogP contribution in [0, 0.1) is 19.3 Å². The lowest BCUT2D eigenvalue weighted by Gasteiger charge is -2.12. The van der Waals surface area contributed by atoms with Crippen LogP contribution in [0.3, 0.4) is 0 Å². The third-order valence-corrected chi connectivity index (χ3v) is 4.07. The van der Waals surface area contributed by atoms with Gasteiger partial charge in [-0.1, -0.05) is 0 Å². The number of aromatic nitrogens is 2. The van der Waals surface area contributed by atoms with E-state index in [-0.39, 0.29) is 5.91 Å². The van der Waals surface area contributed by atoms with Gasteiger partial charge in [0.25, 0.3) is 0 Å². The van der Waals surface area contributed by atoms with E-state index in [1.54, 1.807) is 6.92 Å². The highest BCUT2D eigenvalue weighted by atomic mass is 35.5. The Bertz CT molecular complexity index is 469. The van der Waals surface area contributed by atoms with E-state index in [1.807, 2.05) is 19.9 Å². The van der Waals surface area contributed by atoms with Crippen LogP contribution in [-0.2, 0) is 4.79 Å². The summed E-state index contributed by atoms with van der Waals surface area (Å²) < 4.78 is -0.976. The molecule has 2 rings (SSSR count). The van der Waals surface area contributed by atoms with Crippen LogP contribution in [-0.4, -0.2) is 20.2 Å². The first-order valence-electron chi connectivity index (χ1n) is 5.26. The molecule has 1 saturated carbocycles. The summed E-state index contributed by atoms with van der Waals surface area (Å²) in [5, 5.41) is 2.65. The smallest absolute Gasteiger partial charge is 0.235 e. The zero-order valence-corrected chi connectivity index (χ0v) is 11.4. The molecule has 0 bridgehead atoms. The summed E-state index contributed by atoms with van der Waals surface area (Å²) in [5.41, 5.74) is 0.852. The summed E-state index contributed by atoms with van der Waals surface area (Å²) in [6, 6.07) is 1.84. The molecule has 0 saturated heterocycles. The summed E-state index contributed by atoms with van der Waals surface area (Å²) in [6.45, 7) is 5.41. The minimum absolute atomic E-state index is 0.243. The molecule has 0 spiro atoms. The lowest BCUT2D eigenvalue weighted by Crippen LogP contribution is -2.27. The molecule has 1 heterocycles. The highest BCUT2D eigenvalue weighted by Crippen LogP contribution is 2.64. The Morgan fingerprint density at radius 1 is 1.35 bits per heavy atom. The number of carbonyl (C=O) groups is 1. The average Bonchev–Trinajstić information content (AvgIpc) is 2.65. The first kappa shape index (κ1) is 12.6. The number of alkyl halides is 2. The van der Waals surface area contributed by atoms with Gasteiger partial charge in [-0.25, -0.2) is 9.97 Å². The largest absolute Gasteiger partial charge is 0.294 e. The van der Waals surface area contributed by atoms with Gasteiger partial charge >= 0.3 is 0 Å². The van der Waals surface area contributed by atoms with Gasteiger partial charge in [-0.3, -0.25) is 10.1 Å². The normalized spacial score (nSPS) is 25.5. The summed E-state index contributed by atoms with van der Waals surface area (Å²) in [6.07, 6.45) is 0.444. The molecule has 1 aliphatic carbocycles. The summed E-state index contributed by atoms with van der Waals surface area (Å²) in [7, 11) is 0. The van der Waals surface area contributed by atoms with E-state index < -0.39 is 9.75 Å². The highest BCUT2D eigenvalue weighted by Gasteiger charge is 2.68. The van der Waals surface area contributed by atoms with Gasteiger partial charge in [-0.15, -0.1) is 23.2 Å². The Morgan fingerprint density at radius 3 is 2.24 bits per heavy atom. The van der Waals surface area contributed by atoms with Gasteiger partial charge in [0.2, 0.25) is 11.9 Å². The zero-order chi connectivity index (χ0) is 12.8. The van der Waals surface area contributed by atoms with E-state index in [2.05, 4.69) is 15.3 Å². The molecule has 6 heteroatoms. The number of halogens is 2. The van der Waals surface area contributed by atoms with Crippen LogP contribution in [0.5, 0.6) is 0 Å². The summed E-state index contributed by atoms with van der Waals surface area (Å²) in [5.74, 6) is 0.0530. The number of anilines is 1. The number of amides is 1. The van der Waals surface area contributed by atoms with Crippen LogP contribution in [0.25, 0.3) is 0 Å². The van der Waals surface area contributed by atoms with Crippen molar-refractivity contribution in [1.29, 1.82) is 0 Å². The van der Waals surface area contributed by atoms with Gasteiger partial charge in [0.15, 0.2) is 0 Å². The molecular weight excluding hydrogens is 261 g/mol. The maximum absolute atomic E-state index is 12.0. The summed E-state index contributed by atoms with van der Waals surface area (Å²) >= 11 is 11.9. The predicted octanol–water partition coefficient (Wildman–Crippen LogP) is 2.62. The van der Waals surface area contributed by atoms with Crippen LogP contribution in [0.4, 0.5) is 5.95 Å². The number of hydrogen-bond acceptors (Lipinski definition) is 3. The second-order valence-corrected chi connectivity index (χ2v) is 6.13. The van der Waals surface area contributed by atoms with Gasteiger partial charge in [0.05, 0.1) is 5.41 Å². The average molecular weight is 274 g/mol. The Hall–Kier alpha value is -0.870. The predicted molar refractivity (Wildman–Crippen MR) is 67.3 cm³/mol. The van der Waals surface area contributed by atoms with Crippen molar-refractivity contribution in [2.24, 2.45) is 5.41 Å². The van der Waals surface area contributed by atoms with Crippen molar-refractivity contribution < 1.29 is 4.79 Å². The second-order valence-electron chi connectivity index (χ2n) is 4.64. The van der Waals surface area contributed by atoms with E-state index in [0.717, 1.165) is 11.4 Å². The second kappa shape index (κ2) is 3.82. The fourth-order valence-electron chi connectivity index (χ4n) is 1.67. The van der Waals surface area contributed by atoms with Crippen LogP contribution < -0.4 is 5.32 Å². The van der Waals surface area contributed by atoms with Gasteiger partial charge in [0.1, 0.15) is 4.33 Å². The maximum Gasteiger partial charge on any atom is 0.235 e. The Kier molecular flexibility index (Phi) is 2.83. The lowest BCUT2D eigenvalue weighted by atomic mass is 10.1. The van der Waals surface area contributed by atoms with E-state index in [9.17, 15) is 4.79 Å². The number of hydrogen-bond donors (Lipinski definition) is 1. The monoisotopic (exact) mass is 273 g/mol. The van der Waals surface area contributed by atoms with Crippen molar-refractivity contribution in [3.05, 3.63) is 17.5 Å². The number of aryl methyl sites for hydroxylation is 2. The van der Waals surface area contributed by atoms with Crippen molar-refractivity contribution in [2.45, 2.75) is 31.5 Å². The van der Waals surface area contributed by atoms with Crippen molar-refractivity contribution in [1.82, 2.24) is 9.97 Å². The van der Waals surface area contributed by atoms with Crippen molar-refractivity contribution >= 4 is 35.1 Å². The topological polar surface area (TPSA) is 54.9 Å². The molecule has 92 valence electrons. The number of nitrogens with zero attached hydrogens (tertiary/aromatic N) is 2. The summed E-state index contributed by atoms with van der Waals surface area (Å²) in [4.78, 5) is 20.2. The quantitative estimate of drug-likeness (QED) is 0.843. The highest BCUT2D eigenvalue weighted by molar-refractivity contribution is 6.53. The first-order valence-corrected chi connectivity index (χ1v) is 6.02. The Balaban J connectivity index is 2.15. The SMILES string of the molecule is Cc1cc(C)nc(NC(=O)C2(C)CC2(Cl)Cl)n1. The standard InChI is InChI=1S/C11H13Cl2N3O/c1-6-4-7(2)15-9(14-6)16-8(17)10(3)5-11(10,12)13/h4H,5H2,1-3H3,(H,14,15,16,17). The molecular formula is C11H13Cl2N3O. The fourth-order valence-corrected chi connectivity index (χ4v) is 2.37. The zero-order valence-electron chi connectivity index (χ0n) is 9.84. The van der Waals surface area contributed by atoms with E-state index in [0.29, 0.717) is 12.4 Å². The Morgan fingerprint density at radius 2 is 1.82 bits per heavy atom. The minimum atomic E-state index is -0.976. The molecule has 0 radical (unpaired) electrons. The van der Waals surface area contributed by atoms with Crippen molar-refractivity contribution in [3.8, 4) is 0 Å². The first-order chi connectivity index (χ1) is 7.74. The van der Waals surface area contributed by atoms with Crippen LogP contribution >= 0.6 is 23.2 Å². The third-order valence-electron chi connectivity index (χ3n) is 2.97. The van der Waals surface area contributed by atoms with Crippen LogP contribution in [0.1, 0.15) is 24.7 Å². The molecule has 1 N–H and O–H groups in total. The maximum atomic E-state index is 12.0.